The number of hydrogen-bond acceptors (Lipinski definition) is 3. The first-order valence-electron chi connectivity index (χ1n) is 8.36. The number of carbonyl (C=O) groups is 2. The molecule has 4 nitrogen and oxygen atoms in total. The summed E-state index contributed by atoms with van der Waals surface area (Å²) < 4.78 is 4.99. The summed E-state index contributed by atoms with van der Waals surface area (Å²) in [7, 11) is 0. The van der Waals surface area contributed by atoms with E-state index >= 15 is 0 Å². The van der Waals surface area contributed by atoms with Crippen molar-refractivity contribution in [1.29, 1.82) is 0 Å². The topological polar surface area (TPSA) is 55.4 Å². The van der Waals surface area contributed by atoms with E-state index in [2.05, 4.69) is 19.2 Å². The van der Waals surface area contributed by atoms with E-state index in [1.807, 2.05) is 12.1 Å². The van der Waals surface area contributed by atoms with E-state index in [1.165, 1.54) is 12.5 Å². The lowest BCUT2D eigenvalue weighted by Gasteiger charge is -2.34. The van der Waals surface area contributed by atoms with Crippen LogP contribution in [0.25, 0.3) is 6.08 Å². The Morgan fingerprint density at radius 1 is 1.29 bits per heavy atom. The van der Waals surface area contributed by atoms with Crippen molar-refractivity contribution in [3.8, 4) is 0 Å². The molecule has 2 rings (SSSR count). The number of carbonyl (C=O) groups excluding carboxylic acids is 2. The molecule has 3 atom stereocenters. The minimum absolute atomic E-state index is 0.165. The van der Waals surface area contributed by atoms with Gasteiger partial charge in [-0.25, -0.2) is 4.79 Å². The first kappa shape index (κ1) is 18.5. The predicted molar refractivity (Wildman–Crippen MR) is 95.6 cm³/mol. The van der Waals surface area contributed by atoms with Crippen molar-refractivity contribution in [2.45, 2.75) is 39.2 Å². The Morgan fingerprint density at radius 3 is 2.79 bits per heavy atom. The summed E-state index contributed by atoms with van der Waals surface area (Å²) in [6.45, 7) is 4.11. The molecule has 1 saturated carbocycles. The molecule has 1 amide bonds. The molecule has 5 heteroatoms. The summed E-state index contributed by atoms with van der Waals surface area (Å²) in [6.07, 6.45) is 6.16. The third-order valence-electron chi connectivity index (χ3n) is 4.70. The Hall–Kier alpha value is -1.81. The third kappa shape index (κ3) is 5.38. The van der Waals surface area contributed by atoms with Gasteiger partial charge >= 0.3 is 5.97 Å². The van der Waals surface area contributed by atoms with Gasteiger partial charge in [-0.05, 0) is 36.0 Å². The van der Waals surface area contributed by atoms with Crippen LogP contribution < -0.4 is 5.32 Å². The molecule has 24 heavy (non-hydrogen) atoms. The molecule has 130 valence electrons. The second kappa shape index (κ2) is 8.88. The molecule has 1 N–H and O–H groups in total. The number of benzene rings is 1. The van der Waals surface area contributed by atoms with Gasteiger partial charge in [0.15, 0.2) is 6.61 Å². The molecular formula is C19H24ClNO3. The zero-order valence-corrected chi connectivity index (χ0v) is 14.9. The van der Waals surface area contributed by atoms with Gasteiger partial charge in [-0.3, -0.25) is 4.79 Å². The summed E-state index contributed by atoms with van der Waals surface area (Å²) in [5.41, 5.74) is 0.727. The summed E-state index contributed by atoms with van der Waals surface area (Å²) in [5, 5.41) is 3.53. The molecule has 1 aliphatic rings. The maximum atomic E-state index is 12.0. The van der Waals surface area contributed by atoms with Crippen molar-refractivity contribution in [2.24, 2.45) is 11.8 Å². The normalized spacial score (nSPS) is 23.9. The first-order chi connectivity index (χ1) is 11.5. The molecule has 0 aromatic heterocycles. The molecule has 0 unspecified atom stereocenters. The Labute approximate surface area is 148 Å². The number of halogens is 1. The standard InChI is InChI=1S/C19H24ClNO3/c1-13-6-5-9-17(14(13)2)21-18(22)12-24-19(23)11-10-15-7-3-4-8-16(15)20/h3-4,7-8,10-11,13-14,17H,5-6,9,12H2,1-2H3,(H,21,22)/b11-10+/t13-,14-,17+/m0/s1. The van der Waals surface area contributed by atoms with Crippen LogP contribution in [0.2, 0.25) is 5.02 Å². The number of nitrogens with one attached hydrogen (secondary N) is 1. The van der Waals surface area contributed by atoms with E-state index in [1.54, 1.807) is 18.2 Å². The van der Waals surface area contributed by atoms with E-state index in [9.17, 15) is 9.59 Å². The highest BCUT2D eigenvalue weighted by molar-refractivity contribution is 6.32. The minimum Gasteiger partial charge on any atom is -0.452 e. The SMILES string of the molecule is C[C@H]1[C@@H](C)CCC[C@H]1NC(=O)COC(=O)/C=C/c1ccccc1Cl. The molecule has 0 radical (unpaired) electrons. The second-order valence-electron chi connectivity index (χ2n) is 6.40. The Bertz CT molecular complexity index is 614. The van der Waals surface area contributed by atoms with Crippen LogP contribution in [-0.2, 0) is 14.3 Å². The fourth-order valence-corrected chi connectivity index (χ4v) is 3.19. The molecular weight excluding hydrogens is 326 g/mol. The van der Waals surface area contributed by atoms with E-state index in [0.717, 1.165) is 18.4 Å². The van der Waals surface area contributed by atoms with Crippen molar-refractivity contribution in [2.75, 3.05) is 6.61 Å². The number of rotatable bonds is 5. The highest BCUT2D eigenvalue weighted by Gasteiger charge is 2.28. The molecule has 0 heterocycles. The van der Waals surface area contributed by atoms with E-state index in [-0.39, 0.29) is 18.6 Å². The number of ether oxygens (including phenoxy) is 1. The second-order valence-corrected chi connectivity index (χ2v) is 6.81. The zero-order valence-electron chi connectivity index (χ0n) is 14.1. The van der Waals surface area contributed by atoms with Crippen LogP contribution in [0.3, 0.4) is 0 Å². The Kier molecular flexibility index (Phi) is 6.85. The number of amides is 1. The molecule has 1 fully saturated rings. The lowest BCUT2D eigenvalue weighted by Crippen LogP contribution is -2.45. The lowest BCUT2D eigenvalue weighted by atomic mass is 9.78. The third-order valence-corrected chi connectivity index (χ3v) is 5.05. The quantitative estimate of drug-likeness (QED) is 0.649. The van der Waals surface area contributed by atoms with Gasteiger partial charge in [-0.2, -0.15) is 0 Å². The molecule has 0 bridgehead atoms. The largest absolute Gasteiger partial charge is 0.452 e. The first-order valence-corrected chi connectivity index (χ1v) is 8.74. The minimum atomic E-state index is -0.560. The highest BCUT2D eigenvalue weighted by Crippen LogP contribution is 2.29. The lowest BCUT2D eigenvalue weighted by molar-refractivity contribution is -0.144. The van der Waals surface area contributed by atoms with Crippen LogP contribution in [0.5, 0.6) is 0 Å². The summed E-state index contributed by atoms with van der Waals surface area (Å²) in [5.74, 6) is 0.235. The van der Waals surface area contributed by atoms with Gasteiger partial charge in [0.1, 0.15) is 0 Å². The molecule has 1 aromatic carbocycles. The highest BCUT2D eigenvalue weighted by atomic mass is 35.5. The average Bonchev–Trinajstić information content (AvgIpc) is 2.56. The van der Waals surface area contributed by atoms with Crippen molar-refractivity contribution >= 4 is 29.6 Å². The smallest absolute Gasteiger partial charge is 0.331 e. The Balaban J connectivity index is 1.77. The van der Waals surface area contributed by atoms with Crippen molar-refractivity contribution in [3.05, 3.63) is 40.9 Å². The van der Waals surface area contributed by atoms with E-state index in [4.69, 9.17) is 16.3 Å². The van der Waals surface area contributed by atoms with Crippen LogP contribution >= 0.6 is 11.6 Å². The van der Waals surface area contributed by atoms with E-state index in [0.29, 0.717) is 16.9 Å². The van der Waals surface area contributed by atoms with Crippen LogP contribution in [0, 0.1) is 11.8 Å². The summed E-state index contributed by atoms with van der Waals surface area (Å²) >= 11 is 6.00. The van der Waals surface area contributed by atoms with Gasteiger partial charge in [0, 0.05) is 17.1 Å². The fourth-order valence-electron chi connectivity index (χ4n) is 2.99. The number of hydrogen-bond donors (Lipinski definition) is 1. The van der Waals surface area contributed by atoms with Crippen molar-refractivity contribution in [1.82, 2.24) is 5.32 Å². The number of esters is 1. The van der Waals surface area contributed by atoms with Gasteiger partial charge in [-0.15, -0.1) is 0 Å². The van der Waals surface area contributed by atoms with Gasteiger partial charge in [0.2, 0.25) is 0 Å². The summed E-state index contributed by atoms with van der Waals surface area (Å²) in [6, 6.07) is 7.35. The van der Waals surface area contributed by atoms with Gasteiger partial charge in [0.25, 0.3) is 5.91 Å². The van der Waals surface area contributed by atoms with Gasteiger partial charge in [-0.1, -0.05) is 56.5 Å². The molecule has 0 saturated heterocycles. The molecule has 0 aliphatic heterocycles. The van der Waals surface area contributed by atoms with E-state index < -0.39 is 5.97 Å². The van der Waals surface area contributed by atoms with Crippen LogP contribution in [0.4, 0.5) is 0 Å². The van der Waals surface area contributed by atoms with Crippen molar-refractivity contribution in [3.63, 3.8) is 0 Å². The van der Waals surface area contributed by atoms with Gasteiger partial charge < -0.3 is 10.1 Å². The monoisotopic (exact) mass is 349 g/mol. The average molecular weight is 350 g/mol. The van der Waals surface area contributed by atoms with Crippen LogP contribution in [0.1, 0.15) is 38.7 Å². The Morgan fingerprint density at radius 2 is 2.04 bits per heavy atom. The predicted octanol–water partition coefficient (Wildman–Crippen LogP) is 3.84. The van der Waals surface area contributed by atoms with Crippen LogP contribution in [0.15, 0.2) is 30.3 Å². The fraction of sp³-hybridized carbons (Fsp3) is 0.474. The molecule has 1 aromatic rings. The van der Waals surface area contributed by atoms with Crippen LogP contribution in [-0.4, -0.2) is 24.5 Å². The van der Waals surface area contributed by atoms with Crippen molar-refractivity contribution < 1.29 is 14.3 Å². The molecule has 0 spiro atoms. The zero-order chi connectivity index (χ0) is 17.5. The maximum Gasteiger partial charge on any atom is 0.331 e. The van der Waals surface area contributed by atoms with Gasteiger partial charge in [0.05, 0.1) is 0 Å². The summed E-state index contributed by atoms with van der Waals surface area (Å²) in [4.78, 5) is 23.7. The molecule has 1 aliphatic carbocycles. The maximum absolute atomic E-state index is 12.0.